The van der Waals surface area contributed by atoms with Crippen LogP contribution in [0.3, 0.4) is 0 Å². The monoisotopic (exact) mass is 349 g/mol. The molecular formula is C17H20ClN3O3. The predicted octanol–water partition coefficient (Wildman–Crippen LogP) is 2.71. The fraction of sp³-hybridized carbons (Fsp3) is 0.294. The maximum atomic E-state index is 12.2. The molecule has 0 saturated carbocycles. The molecule has 1 aromatic heterocycles. The molecule has 1 N–H and O–H groups in total. The second-order valence-electron chi connectivity index (χ2n) is 5.58. The van der Waals surface area contributed by atoms with E-state index >= 15 is 0 Å². The molecular weight excluding hydrogens is 330 g/mol. The highest BCUT2D eigenvalue weighted by molar-refractivity contribution is 6.33. The molecule has 0 aliphatic heterocycles. The van der Waals surface area contributed by atoms with Gasteiger partial charge in [0.1, 0.15) is 5.76 Å². The lowest BCUT2D eigenvalue weighted by molar-refractivity contribution is -0.128. The van der Waals surface area contributed by atoms with Crippen LogP contribution in [0.2, 0.25) is 5.02 Å². The smallest absolute Gasteiger partial charge is 0.253 e. The largest absolute Gasteiger partial charge is 0.467 e. The zero-order valence-corrected chi connectivity index (χ0v) is 14.6. The fourth-order valence-corrected chi connectivity index (χ4v) is 2.27. The minimum atomic E-state index is -0.129. The summed E-state index contributed by atoms with van der Waals surface area (Å²) in [7, 11) is 5.05. The van der Waals surface area contributed by atoms with Crippen molar-refractivity contribution in [2.75, 3.05) is 33.0 Å². The Balaban J connectivity index is 1.99. The Morgan fingerprint density at radius 3 is 2.58 bits per heavy atom. The summed E-state index contributed by atoms with van der Waals surface area (Å²) in [6.07, 6.45) is 1.57. The van der Waals surface area contributed by atoms with Crippen LogP contribution in [0.15, 0.2) is 41.0 Å². The average molecular weight is 350 g/mol. The van der Waals surface area contributed by atoms with Crippen LogP contribution >= 0.6 is 11.6 Å². The van der Waals surface area contributed by atoms with Crippen LogP contribution in [0.4, 0.5) is 5.69 Å². The zero-order valence-electron chi connectivity index (χ0n) is 13.9. The molecule has 0 aliphatic carbocycles. The summed E-state index contributed by atoms with van der Waals surface area (Å²) in [6.45, 7) is 0.455. The highest BCUT2D eigenvalue weighted by atomic mass is 35.5. The van der Waals surface area contributed by atoms with Crippen molar-refractivity contribution >= 4 is 29.1 Å². The molecule has 0 saturated heterocycles. The van der Waals surface area contributed by atoms with Crippen LogP contribution in [-0.4, -0.2) is 49.3 Å². The Hall–Kier alpha value is -2.47. The number of likely N-dealkylation sites (N-methyl/N-ethyl adjacent to an activating group) is 1. The topological polar surface area (TPSA) is 65.8 Å². The number of carbonyl (C=O) groups excluding carboxylic acids is 2. The second-order valence-corrected chi connectivity index (χ2v) is 5.98. The third-order valence-electron chi connectivity index (χ3n) is 3.45. The first-order chi connectivity index (χ1) is 11.4. The van der Waals surface area contributed by atoms with Crippen molar-refractivity contribution < 1.29 is 14.0 Å². The maximum Gasteiger partial charge on any atom is 0.253 e. The van der Waals surface area contributed by atoms with Gasteiger partial charge in [-0.25, -0.2) is 0 Å². The van der Waals surface area contributed by atoms with Crippen molar-refractivity contribution in [3.63, 3.8) is 0 Å². The molecule has 0 aliphatic rings. The molecule has 0 spiro atoms. The molecule has 2 aromatic rings. The van der Waals surface area contributed by atoms with Crippen LogP contribution in [0.1, 0.15) is 16.1 Å². The Labute approximate surface area is 146 Å². The summed E-state index contributed by atoms with van der Waals surface area (Å²) in [5.74, 6) is 0.463. The van der Waals surface area contributed by atoms with Crippen LogP contribution in [0, 0.1) is 0 Å². The number of anilines is 1. The summed E-state index contributed by atoms with van der Waals surface area (Å²) in [6, 6.07) is 8.52. The number of rotatable bonds is 6. The summed E-state index contributed by atoms with van der Waals surface area (Å²) >= 11 is 6.13. The van der Waals surface area contributed by atoms with E-state index in [1.807, 2.05) is 6.07 Å². The maximum absolute atomic E-state index is 12.2. The first-order valence-electron chi connectivity index (χ1n) is 7.40. The Morgan fingerprint density at radius 2 is 1.96 bits per heavy atom. The quantitative estimate of drug-likeness (QED) is 0.870. The number of nitrogens with zero attached hydrogens (tertiary/aromatic N) is 2. The van der Waals surface area contributed by atoms with Crippen LogP contribution < -0.4 is 5.32 Å². The third-order valence-corrected chi connectivity index (χ3v) is 3.78. The van der Waals surface area contributed by atoms with Crippen molar-refractivity contribution in [3.05, 3.63) is 52.9 Å². The Kier molecular flexibility index (Phi) is 5.87. The van der Waals surface area contributed by atoms with E-state index in [9.17, 15) is 9.59 Å². The van der Waals surface area contributed by atoms with Crippen molar-refractivity contribution in [1.82, 2.24) is 9.80 Å². The van der Waals surface area contributed by atoms with Crippen molar-refractivity contribution in [2.45, 2.75) is 6.54 Å². The van der Waals surface area contributed by atoms with Gasteiger partial charge in [0, 0.05) is 26.7 Å². The van der Waals surface area contributed by atoms with Gasteiger partial charge in [-0.3, -0.25) is 9.59 Å². The summed E-state index contributed by atoms with van der Waals surface area (Å²) in [4.78, 5) is 27.2. The summed E-state index contributed by atoms with van der Waals surface area (Å²) in [5, 5.41) is 3.43. The molecule has 2 amide bonds. The lowest BCUT2D eigenvalue weighted by Crippen LogP contribution is -2.31. The number of amides is 2. The standard InChI is InChI=1S/C17H20ClN3O3/c1-20(2)17(23)12-6-7-14(18)15(9-12)19-10-16(22)21(3)11-13-5-4-8-24-13/h4-9,19H,10-11H2,1-3H3. The van der Waals surface area contributed by atoms with Gasteiger partial charge in [0.2, 0.25) is 5.91 Å². The van der Waals surface area contributed by atoms with Crippen molar-refractivity contribution in [1.29, 1.82) is 0 Å². The van der Waals surface area contributed by atoms with E-state index in [2.05, 4.69) is 5.32 Å². The minimum Gasteiger partial charge on any atom is -0.467 e. The average Bonchev–Trinajstić information content (AvgIpc) is 3.05. The van der Waals surface area contributed by atoms with Gasteiger partial charge < -0.3 is 19.5 Å². The molecule has 1 aromatic carbocycles. The Bertz CT molecular complexity index is 714. The number of furan rings is 1. The van der Waals surface area contributed by atoms with Crippen molar-refractivity contribution in [3.8, 4) is 0 Å². The molecule has 0 unspecified atom stereocenters. The molecule has 1 heterocycles. The first-order valence-corrected chi connectivity index (χ1v) is 7.77. The second kappa shape index (κ2) is 7.88. The number of nitrogens with one attached hydrogen (secondary N) is 1. The van der Waals surface area contributed by atoms with E-state index in [-0.39, 0.29) is 18.4 Å². The highest BCUT2D eigenvalue weighted by Crippen LogP contribution is 2.23. The molecule has 0 fully saturated rings. The number of halogens is 1. The molecule has 128 valence electrons. The SMILES string of the molecule is CN(C)C(=O)c1ccc(Cl)c(NCC(=O)N(C)Cc2ccco2)c1. The van der Waals surface area contributed by atoms with Gasteiger partial charge >= 0.3 is 0 Å². The number of hydrogen-bond acceptors (Lipinski definition) is 4. The predicted molar refractivity (Wildman–Crippen MR) is 93.1 cm³/mol. The van der Waals surface area contributed by atoms with E-state index in [0.717, 1.165) is 0 Å². The van der Waals surface area contributed by atoms with Crippen LogP contribution in [0.5, 0.6) is 0 Å². The minimum absolute atomic E-state index is 0.0660. The van der Waals surface area contributed by atoms with Gasteiger partial charge in [-0.15, -0.1) is 0 Å². The number of carbonyl (C=O) groups is 2. The third kappa shape index (κ3) is 4.52. The number of benzene rings is 1. The van der Waals surface area contributed by atoms with E-state index in [1.165, 1.54) is 4.90 Å². The molecule has 0 bridgehead atoms. The van der Waals surface area contributed by atoms with Gasteiger partial charge in [-0.1, -0.05) is 11.6 Å². The first kappa shape index (κ1) is 17.9. The fourth-order valence-electron chi connectivity index (χ4n) is 2.08. The van der Waals surface area contributed by atoms with Gasteiger partial charge in [0.15, 0.2) is 0 Å². The van der Waals surface area contributed by atoms with Crippen LogP contribution in [0.25, 0.3) is 0 Å². The molecule has 24 heavy (non-hydrogen) atoms. The summed E-state index contributed by atoms with van der Waals surface area (Å²) < 4.78 is 5.22. The van der Waals surface area contributed by atoms with Crippen LogP contribution in [-0.2, 0) is 11.3 Å². The van der Waals surface area contributed by atoms with Gasteiger partial charge in [-0.2, -0.15) is 0 Å². The molecule has 0 radical (unpaired) electrons. The molecule has 2 rings (SSSR count). The molecule has 0 atom stereocenters. The number of hydrogen-bond donors (Lipinski definition) is 1. The van der Waals surface area contributed by atoms with E-state index in [4.69, 9.17) is 16.0 Å². The van der Waals surface area contributed by atoms with E-state index in [0.29, 0.717) is 28.6 Å². The van der Waals surface area contributed by atoms with Gasteiger partial charge in [0.05, 0.1) is 30.1 Å². The van der Waals surface area contributed by atoms with Gasteiger partial charge in [-0.05, 0) is 30.3 Å². The van der Waals surface area contributed by atoms with E-state index in [1.54, 1.807) is 56.6 Å². The summed E-state index contributed by atoms with van der Waals surface area (Å²) in [5.41, 5.74) is 1.05. The van der Waals surface area contributed by atoms with E-state index < -0.39 is 0 Å². The van der Waals surface area contributed by atoms with Gasteiger partial charge in [0.25, 0.3) is 5.91 Å². The lowest BCUT2D eigenvalue weighted by atomic mass is 10.2. The zero-order chi connectivity index (χ0) is 17.7. The molecule has 7 heteroatoms. The molecule has 6 nitrogen and oxygen atoms in total. The van der Waals surface area contributed by atoms with Crippen molar-refractivity contribution in [2.24, 2.45) is 0 Å². The lowest BCUT2D eigenvalue weighted by Gasteiger charge is -2.17. The highest BCUT2D eigenvalue weighted by Gasteiger charge is 2.13. The normalized spacial score (nSPS) is 10.3. The Morgan fingerprint density at radius 1 is 1.21 bits per heavy atom.